The number of anilines is 1. The third kappa shape index (κ3) is 3.58. The molecule has 2 aromatic rings. The quantitative estimate of drug-likeness (QED) is 0.618. The molecule has 6 rings (SSSR count). The minimum absolute atomic E-state index is 0.0714. The monoisotopic (exact) mass is 500 g/mol. The van der Waals surface area contributed by atoms with Crippen LogP contribution in [-0.4, -0.2) is 48.0 Å². The van der Waals surface area contributed by atoms with Gasteiger partial charge in [0.05, 0.1) is 28.4 Å². The van der Waals surface area contributed by atoms with Crippen LogP contribution in [0.5, 0.6) is 0 Å². The standard InChI is InChI=1S/C27H31F3N4O2/c1-24(2)18-8-6-5-7-16(18)11-20(24)33-17-9-10-19(32-12-17)21(27(28,29)30)34(4)23(36)26-13-25(14-26,15-26)22(35)31-3/h5-10,12,20-21,33H,11,13-15H2,1-4H3,(H,31,35)/t20-,21-,25?,26?/m0/s1. The van der Waals surface area contributed by atoms with Crippen molar-refractivity contribution in [2.45, 2.75) is 63.2 Å². The van der Waals surface area contributed by atoms with Crippen LogP contribution < -0.4 is 10.6 Å². The second kappa shape index (κ2) is 7.95. The summed E-state index contributed by atoms with van der Waals surface area (Å²) in [5, 5.41) is 6.03. The molecule has 9 heteroatoms. The average Bonchev–Trinajstić information content (AvgIpc) is 3.02. The average molecular weight is 501 g/mol. The SMILES string of the molecule is CNC(=O)C12CC(C(=O)N(C)[C@@H](c3ccc(N[C@H]4Cc5ccccc5C4(C)C)cn3)C(F)(F)F)(C1)C2. The van der Waals surface area contributed by atoms with E-state index in [1.165, 1.54) is 37.5 Å². The van der Waals surface area contributed by atoms with Crippen LogP contribution in [0.4, 0.5) is 18.9 Å². The van der Waals surface area contributed by atoms with Crippen LogP contribution in [0.15, 0.2) is 42.6 Å². The van der Waals surface area contributed by atoms with E-state index in [0.29, 0.717) is 24.9 Å². The number of aromatic nitrogens is 1. The highest BCUT2D eigenvalue weighted by molar-refractivity contribution is 5.95. The third-order valence-corrected chi connectivity index (χ3v) is 8.62. The predicted octanol–water partition coefficient (Wildman–Crippen LogP) is 4.37. The number of hydrogen-bond acceptors (Lipinski definition) is 4. The molecule has 0 radical (unpaired) electrons. The van der Waals surface area contributed by atoms with Gasteiger partial charge in [-0.05, 0) is 48.9 Å². The van der Waals surface area contributed by atoms with Crippen molar-refractivity contribution < 1.29 is 22.8 Å². The number of pyridine rings is 1. The summed E-state index contributed by atoms with van der Waals surface area (Å²) in [4.78, 5) is 30.1. The van der Waals surface area contributed by atoms with E-state index in [4.69, 9.17) is 0 Å². The van der Waals surface area contributed by atoms with Crippen LogP contribution in [0.2, 0.25) is 0 Å². The maximum Gasteiger partial charge on any atom is 0.414 e. The number of rotatable bonds is 6. The van der Waals surface area contributed by atoms with E-state index in [2.05, 4.69) is 41.6 Å². The summed E-state index contributed by atoms with van der Waals surface area (Å²) in [5.74, 6) is -0.726. The number of nitrogens with one attached hydrogen (secondary N) is 2. The number of halogens is 3. The molecule has 2 atom stereocenters. The van der Waals surface area contributed by atoms with E-state index in [9.17, 15) is 22.8 Å². The van der Waals surface area contributed by atoms with Gasteiger partial charge in [-0.3, -0.25) is 14.6 Å². The first-order valence-corrected chi connectivity index (χ1v) is 12.2. The van der Waals surface area contributed by atoms with Crippen molar-refractivity contribution in [1.29, 1.82) is 0 Å². The van der Waals surface area contributed by atoms with E-state index in [1.807, 2.05) is 12.1 Å². The molecule has 0 saturated heterocycles. The first-order valence-electron chi connectivity index (χ1n) is 12.2. The molecule has 3 saturated carbocycles. The number of alkyl halides is 3. The smallest absolute Gasteiger partial charge is 0.380 e. The Labute approximate surface area is 208 Å². The van der Waals surface area contributed by atoms with Crippen LogP contribution in [-0.2, 0) is 21.4 Å². The van der Waals surface area contributed by atoms with Crippen LogP contribution in [0, 0.1) is 10.8 Å². The van der Waals surface area contributed by atoms with Crippen LogP contribution in [0.1, 0.15) is 56.0 Å². The zero-order valence-corrected chi connectivity index (χ0v) is 20.9. The van der Waals surface area contributed by atoms with Crippen molar-refractivity contribution in [3.8, 4) is 0 Å². The van der Waals surface area contributed by atoms with Gasteiger partial charge in [-0.25, -0.2) is 0 Å². The number of hydrogen-bond donors (Lipinski definition) is 2. The van der Waals surface area contributed by atoms with Crippen molar-refractivity contribution in [3.05, 3.63) is 59.4 Å². The molecule has 192 valence electrons. The molecule has 36 heavy (non-hydrogen) atoms. The van der Waals surface area contributed by atoms with Crippen molar-refractivity contribution in [2.75, 3.05) is 19.4 Å². The number of amides is 2. The van der Waals surface area contributed by atoms with Gasteiger partial charge in [0.2, 0.25) is 11.8 Å². The van der Waals surface area contributed by atoms with Gasteiger partial charge in [0, 0.05) is 25.6 Å². The Morgan fingerprint density at radius 1 is 1.08 bits per heavy atom. The fraction of sp³-hybridized carbons (Fsp3) is 0.519. The largest absolute Gasteiger partial charge is 0.414 e. The second-order valence-corrected chi connectivity index (χ2v) is 11.3. The van der Waals surface area contributed by atoms with Crippen LogP contribution >= 0.6 is 0 Å². The van der Waals surface area contributed by atoms with Gasteiger partial charge in [0.15, 0.2) is 6.04 Å². The lowest BCUT2D eigenvalue weighted by molar-refractivity contribution is -0.229. The minimum atomic E-state index is -4.69. The highest BCUT2D eigenvalue weighted by Crippen LogP contribution is 2.74. The van der Waals surface area contributed by atoms with Crippen molar-refractivity contribution in [2.24, 2.45) is 10.8 Å². The molecule has 0 unspecified atom stereocenters. The Hall–Kier alpha value is -3.10. The molecule has 1 heterocycles. The van der Waals surface area contributed by atoms with Gasteiger partial charge in [0.25, 0.3) is 0 Å². The number of fused-ring (bicyclic) bond motifs is 1. The minimum Gasteiger partial charge on any atom is -0.380 e. The molecule has 6 nitrogen and oxygen atoms in total. The van der Waals surface area contributed by atoms with E-state index in [1.54, 1.807) is 6.07 Å². The predicted molar refractivity (Wildman–Crippen MR) is 129 cm³/mol. The fourth-order valence-corrected chi connectivity index (χ4v) is 6.67. The molecule has 1 aromatic heterocycles. The Balaban J connectivity index is 1.31. The molecule has 1 aromatic carbocycles. The summed E-state index contributed by atoms with van der Waals surface area (Å²) in [5.41, 5.74) is 1.29. The Kier molecular flexibility index (Phi) is 5.43. The molecule has 4 aliphatic rings. The Morgan fingerprint density at radius 2 is 1.75 bits per heavy atom. The molecule has 0 aliphatic heterocycles. The summed E-state index contributed by atoms with van der Waals surface area (Å²) in [7, 11) is 2.71. The third-order valence-electron chi connectivity index (χ3n) is 8.62. The molecule has 2 amide bonds. The Bertz CT molecular complexity index is 1190. The zero-order chi connectivity index (χ0) is 26.1. The van der Waals surface area contributed by atoms with Gasteiger partial charge in [-0.15, -0.1) is 0 Å². The molecule has 3 fully saturated rings. The maximum absolute atomic E-state index is 14.2. The van der Waals surface area contributed by atoms with Gasteiger partial charge in [-0.1, -0.05) is 38.1 Å². The van der Waals surface area contributed by atoms with Crippen molar-refractivity contribution in [3.63, 3.8) is 0 Å². The van der Waals surface area contributed by atoms with E-state index >= 15 is 0 Å². The first-order chi connectivity index (χ1) is 16.8. The van der Waals surface area contributed by atoms with Crippen LogP contribution in [0.25, 0.3) is 0 Å². The fourth-order valence-electron chi connectivity index (χ4n) is 6.67. The summed E-state index contributed by atoms with van der Waals surface area (Å²) < 4.78 is 42.5. The first kappa shape index (κ1) is 24.6. The summed E-state index contributed by atoms with van der Waals surface area (Å²) in [6, 6.07) is 9.09. The maximum atomic E-state index is 14.2. The van der Waals surface area contributed by atoms with Gasteiger partial charge in [0.1, 0.15) is 0 Å². The number of benzene rings is 1. The summed E-state index contributed by atoms with van der Waals surface area (Å²) in [6.45, 7) is 4.30. The zero-order valence-electron chi connectivity index (χ0n) is 20.9. The van der Waals surface area contributed by atoms with Crippen molar-refractivity contribution >= 4 is 17.5 Å². The summed E-state index contributed by atoms with van der Waals surface area (Å²) >= 11 is 0. The Morgan fingerprint density at radius 3 is 2.31 bits per heavy atom. The van der Waals surface area contributed by atoms with Gasteiger partial charge >= 0.3 is 6.18 Å². The second-order valence-electron chi connectivity index (χ2n) is 11.3. The molecular formula is C27H31F3N4O2. The molecule has 4 aliphatic carbocycles. The highest BCUT2D eigenvalue weighted by atomic mass is 19.4. The molecule has 2 N–H and O–H groups in total. The van der Waals surface area contributed by atoms with Gasteiger partial charge < -0.3 is 15.5 Å². The van der Waals surface area contributed by atoms with Crippen molar-refractivity contribution in [1.82, 2.24) is 15.2 Å². The lowest BCUT2D eigenvalue weighted by Crippen LogP contribution is -2.72. The molecular weight excluding hydrogens is 469 g/mol. The van der Waals surface area contributed by atoms with E-state index < -0.39 is 29.0 Å². The molecule has 0 spiro atoms. The summed E-state index contributed by atoms with van der Waals surface area (Å²) in [6.07, 6.45) is -1.58. The van der Waals surface area contributed by atoms with Gasteiger partial charge in [-0.2, -0.15) is 13.2 Å². The lowest BCUT2D eigenvalue weighted by atomic mass is 9.34. The van der Waals surface area contributed by atoms with Crippen LogP contribution in [0.3, 0.4) is 0 Å². The number of nitrogens with zero attached hydrogens (tertiary/aromatic N) is 2. The topological polar surface area (TPSA) is 74.3 Å². The highest BCUT2D eigenvalue weighted by Gasteiger charge is 2.75. The normalized spacial score (nSPS) is 28.2. The molecule has 2 bridgehead atoms. The number of carbonyl (C=O) groups is 2. The lowest BCUT2D eigenvalue weighted by Gasteiger charge is -2.68. The van der Waals surface area contributed by atoms with E-state index in [-0.39, 0.29) is 23.1 Å². The number of carbonyl (C=O) groups excluding carboxylic acids is 2. The van der Waals surface area contributed by atoms with E-state index in [0.717, 1.165) is 11.3 Å².